The van der Waals surface area contributed by atoms with Crippen LogP contribution >= 0.6 is 0 Å². The Morgan fingerprint density at radius 3 is 2.91 bits per heavy atom. The van der Waals surface area contributed by atoms with Crippen LogP contribution in [0.1, 0.15) is 6.04 Å². The molecule has 0 bridgehead atoms. The number of primary amides is 1. The Morgan fingerprint density at radius 2 is 2.55 bits per heavy atom. The van der Waals surface area contributed by atoms with Crippen molar-refractivity contribution in [3.8, 4) is 0 Å². The molecule has 0 aliphatic heterocycles. The minimum atomic E-state index is -0.488. The summed E-state index contributed by atoms with van der Waals surface area (Å²) in [4.78, 5) is 14.5. The van der Waals surface area contributed by atoms with Gasteiger partial charge in [-0.15, -0.1) is 6.58 Å². The summed E-state index contributed by atoms with van der Waals surface area (Å²) in [5, 5.41) is 0. The van der Waals surface area contributed by atoms with Crippen molar-refractivity contribution >= 4 is 5.91 Å². The van der Waals surface area contributed by atoms with E-state index in [0.717, 1.165) is 0 Å². The van der Waals surface area contributed by atoms with Crippen molar-refractivity contribution in [1.82, 2.24) is 9.55 Å². The highest BCUT2D eigenvalue weighted by atomic mass is 16.1. The number of aromatic nitrogens is 2. The highest BCUT2D eigenvalue weighted by molar-refractivity contribution is 5.80. The topological polar surface area (TPSA) is 60.9 Å². The van der Waals surface area contributed by atoms with Crippen LogP contribution in [0.4, 0.5) is 0 Å². The second-order valence-electron chi connectivity index (χ2n) is 2.09. The van der Waals surface area contributed by atoms with Gasteiger partial charge in [0, 0.05) is 12.4 Å². The number of nitrogens with zero attached hydrogens (tertiary/aromatic N) is 2. The zero-order valence-electron chi connectivity index (χ0n) is 5.97. The molecule has 4 heteroatoms. The Hall–Kier alpha value is -1.58. The van der Waals surface area contributed by atoms with Gasteiger partial charge < -0.3 is 10.3 Å². The molecule has 2 N–H and O–H groups in total. The maximum atomic E-state index is 10.7. The van der Waals surface area contributed by atoms with E-state index >= 15 is 0 Å². The van der Waals surface area contributed by atoms with Gasteiger partial charge in [-0.05, 0) is 0 Å². The molecule has 0 saturated carbocycles. The molecule has 0 fully saturated rings. The third-order valence-corrected chi connectivity index (χ3v) is 1.36. The van der Waals surface area contributed by atoms with Gasteiger partial charge in [-0.3, -0.25) is 4.79 Å². The second kappa shape index (κ2) is 3.01. The van der Waals surface area contributed by atoms with Gasteiger partial charge in [-0.1, -0.05) is 6.08 Å². The number of amides is 1. The summed E-state index contributed by atoms with van der Waals surface area (Å²) in [7, 11) is 0. The van der Waals surface area contributed by atoms with Gasteiger partial charge in [-0.2, -0.15) is 0 Å². The summed E-state index contributed by atoms with van der Waals surface area (Å²) in [6, 6.07) is -0.488. The Balaban J connectivity index is 2.88. The van der Waals surface area contributed by atoms with E-state index < -0.39 is 11.9 Å². The van der Waals surface area contributed by atoms with Crippen molar-refractivity contribution in [2.75, 3.05) is 0 Å². The van der Waals surface area contributed by atoms with Crippen LogP contribution in [0.2, 0.25) is 0 Å². The van der Waals surface area contributed by atoms with Gasteiger partial charge in [0.15, 0.2) is 0 Å². The van der Waals surface area contributed by atoms with Crippen molar-refractivity contribution in [2.24, 2.45) is 5.73 Å². The molecule has 0 spiro atoms. The van der Waals surface area contributed by atoms with Crippen molar-refractivity contribution in [2.45, 2.75) is 6.04 Å². The molecule has 0 saturated heterocycles. The Morgan fingerprint density at radius 1 is 1.82 bits per heavy atom. The van der Waals surface area contributed by atoms with Gasteiger partial charge in [-0.25, -0.2) is 4.98 Å². The quantitative estimate of drug-likeness (QED) is 0.622. The van der Waals surface area contributed by atoms with Crippen LogP contribution in [0.25, 0.3) is 0 Å². The average molecular weight is 151 g/mol. The molecule has 1 rings (SSSR count). The molecule has 4 nitrogen and oxygen atoms in total. The van der Waals surface area contributed by atoms with E-state index in [9.17, 15) is 4.79 Å². The van der Waals surface area contributed by atoms with Crippen LogP contribution in [0.5, 0.6) is 0 Å². The SMILES string of the molecule is C=CC(C(N)=O)n1ccnc1. The fourth-order valence-corrected chi connectivity index (χ4v) is 0.819. The number of carbonyl (C=O) groups is 1. The van der Waals surface area contributed by atoms with Gasteiger partial charge >= 0.3 is 0 Å². The van der Waals surface area contributed by atoms with E-state index in [1.165, 1.54) is 12.4 Å². The fraction of sp³-hybridized carbons (Fsp3) is 0.143. The summed E-state index contributed by atoms with van der Waals surface area (Å²) < 4.78 is 1.59. The number of carbonyl (C=O) groups excluding carboxylic acids is 1. The molecule has 1 aromatic rings. The van der Waals surface area contributed by atoms with E-state index in [-0.39, 0.29) is 0 Å². The number of hydrogen-bond acceptors (Lipinski definition) is 2. The Labute approximate surface area is 64.3 Å². The largest absolute Gasteiger partial charge is 0.368 e. The zero-order valence-corrected chi connectivity index (χ0v) is 5.97. The number of imidazole rings is 1. The molecule has 0 aliphatic rings. The lowest BCUT2D eigenvalue weighted by Crippen LogP contribution is -2.23. The molecule has 0 aromatic carbocycles. The molecule has 1 atom stereocenters. The zero-order chi connectivity index (χ0) is 8.27. The van der Waals surface area contributed by atoms with Crippen LogP contribution in [0.15, 0.2) is 31.4 Å². The average Bonchev–Trinajstić information content (AvgIpc) is 2.40. The Kier molecular flexibility index (Phi) is 2.06. The second-order valence-corrected chi connectivity index (χ2v) is 2.09. The summed E-state index contributed by atoms with van der Waals surface area (Å²) in [5.41, 5.74) is 5.08. The third kappa shape index (κ3) is 1.46. The van der Waals surface area contributed by atoms with Crippen LogP contribution < -0.4 is 5.73 Å². The van der Waals surface area contributed by atoms with Crippen molar-refractivity contribution < 1.29 is 4.79 Å². The molecule has 0 aliphatic carbocycles. The third-order valence-electron chi connectivity index (χ3n) is 1.36. The molecule has 11 heavy (non-hydrogen) atoms. The first-order chi connectivity index (χ1) is 5.25. The predicted molar refractivity (Wildman–Crippen MR) is 40.7 cm³/mol. The van der Waals surface area contributed by atoms with E-state index in [1.54, 1.807) is 17.0 Å². The monoisotopic (exact) mass is 151 g/mol. The Bertz CT molecular complexity index is 253. The molecule has 1 unspecified atom stereocenters. The van der Waals surface area contributed by atoms with Gasteiger partial charge in [0.1, 0.15) is 6.04 Å². The minimum absolute atomic E-state index is 0.432. The maximum absolute atomic E-state index is 10.7. The molecular formula is C7H9N3O. The lowest BCUT2D eigenvalue weighted by atomic mass is 10.3. The fourth-order valence-electron chi connectivity index (χ4n) is 0.819. The number of hydrogen-bond donors (Lipinski definition) is 1. The first-order valence-electron chi connectivity index (χ1n) is 3.15. The molecular weight excluding hydrogens is 142 g/mol. The van der Waals surface area contributed by atoms with E-state index in [2.05, 4.69) is 11.6 Å². The van der Waals surface area contributed by atoms with Crippen LogP contribution in [-0.4, -0.2) is 15.5 Å². The van der Waals surface area contributed by atoms with Crippen LogP contribution in [-0.2, 0) is 4.79 Å². The smallest absolute Gasteiger partial charge is 0.244 e. The predicted octanol–water partition coefficient (Wildman–Crippen LogP) is 0.0955. The maximum Gasteiger partial charge on any atom is 0.244 e. The number of nitrogens with two attached hydrogens (primary N) is 1. The van der Waals surface area contributed by atoms with Crippen molar-refractivity contribution in [3.05, 3.63) is 31.4 Å². The molecule has 1 aromatic heterocycles. The molecule has 1 amide bonds. The minimum Gasteiger partial charge on any atom is -0.368 e. The van der Waals surface area contributed by atoms with Crippen LogP contribution in [0, 0.1) is 0 Å². The van der Waals surface area contributed by atoms with E-state index in [4.69, 9.17) is 5.73 Å². The number of rotatable bonds is 3. The van der Waals surface area contributed by atoms with Crippen molar-refractivity contribution in [1.29, 1.82) is 0 Å². The van der Waals surface area contributed by atoms with E-state index in [1.807, 2.05) is 0 Å². The molecule has 0 radical (unpaired) electrons. The highest BCUT2D eigenvalue weighted by Gasteiger charge is 2.10. The standard InChI is InChI=1S/C7H9N3O/c1-2-6(7(8)11)10-4-3-9-5-10/h2-6H,1H2,(H2,8,11). The summed E-state index contributed by atoms with van der Waals surface area (Å²) in [5.74, 6) is -0.432. The summed E-state index contributed by atoms with van der Waals surface area (Å²) in [6.45, 7) is 3.49. The lowest BCUT2D eigenvalue weighted by Gasteiger charge is -2.07. The lowest BCUT2D eigenvalue weighted by molar-refractivity contribution is -0.119. The van der Waals surface area contributed by atoms with Gasteiger partial charge in [0.05, 0.1) is 6.33 Å². The highest BCUT2D eigenvalue weighted by Crippen LogP contribution is 2.04. The van der Waals surface area contributed by atoms with Gasteiger partial charge in [0.25, 0.3) is 0 Å². The summed E-state index contributed by atoms with van der Waals surface area (Å²) >= 11 is 0. The molecule has 1 heterocycles. The normalized spacial score (nSPS) is 12.4. The first-order valence-corrected chi connectivity index (χ1v) is 3.15. The summed E-state index contributed by atoms with van der Waals surface area (Å²) in [6.07, 6.45) is 6.25. The molecule has 58 valence electrons. The van der Waals surface area contributed by atoms with Crippen molar-refractivity contribution in [3.63, 3.8) is 0 Å². The van der Waals surface area contributed by atoms with Crippen LogP contribution in [0.3, 0.4) is 0 Å². The van der Waals surface area contributed by atoms with E-state index in [0.29, 0.717) is 0 Å². The first kappa shape index (κ1) is 7.53. The van der Waals surface area contributed by atoms with Gasteiger partial charge in [0.2, 0.25) is 5.91 Å².